The number of rotatable bonds is 4. The molecule has 0 N–H and O–H groups in total. The van der Waals surface area contributed by atoms with E-state index in [1.54, 1.807) is 0 Å². The molecule has 2 aliphatic rings. The van der Waals surface area contributed by atoms with Crippen LogP contribution >= 0.6 is 11.6 Å². The highest BCUT2D eigenvalue weighted by molar-refractivity contribution is 7.91. The fourth-order valence-electron chi connectivity index (χ4n) is 4.39. The Bertz CT molecular complexity index is 1180. The summed E-state index contributed by atoms with van der Waals surface area (Å²) in [7, 11) is -7.83. The molecule has 0 amide bonds. The van der Waals surface area contributed by atoms with Crippen molar-refractivity contribution < 1.29 is 21.6 Å². The van der Waals surface area contributed by atoms with E-state index in [-0.39, 0.29) is 45.4 Å². The molecule has 2 atom stereocenters. The zero-order valence-corrected chi connectivity index (χ0v) is 18.6. The van der Waals surface area contributed by atoms with Crippen LogP contribution in [0, 0.1) is 5.92 Å². The highest BCUT2D eigenvalue weighted by Gasteiger charge is 2.44. The second kappa shape index (κ2) is 8.07. The Hall–Kier alpha value is -1.74. The van der Waals surface area contributed by atoms with Crippen molar-refractivity contribution in [2.45, 2.75) is 52.8 Å². The first kappa shape index (κ1) is 21.5. The number of piperidine rings is 1. The number of fused-ring (bicyclic) bond motifs is 1. The molecule has 0 radical (unpaired) electrons. The molecule has 1 heterocycles. The van der Waals surface area contributed by atoms with Gasteiger partial charge < -0.3 is 0 Å². The average Bonchev–Trinajstić information content (AvgIpc) is 2.74. The summed E-state index contributed by atoms with van der Waals surface area (Å²) < 4.78 is 54.2. The molecule has 4 rings (SSSR count). The van der Waals surface area contributed by atoms with Crippen molar-refractivity contribution in [1.82, 2.24) is 4.31 Å². The molecule has 2 aromatic carbocycles. The summed E-state index contributed by atoms with van der Waals surface area (Å²) >= 11 is 5.84. The van der Waals surface area contributed by atoms with Crippen LogP contribution in [0.3, 0.4) is 0 Å². The maximum atomic E-state index is 13.4. The van der Waals surface area contributed by atoms with Crippen LogP contribution in [-0.4, -0.2) is 39.5 Å². The van der Waals surface area contributed by atoms with Gasteiger partial charge in [-0.3, -0.25) is 4.79 Å². The molecule has 0 bridgehead atoms. The Morgan fingerprint density at radius 3 is 2.27 bits per heavy atom. The van der Waals surface area contributed by atoms with Crippen molar-refractivity contribution >= 4 is 37.2 Å². The molecule has 2 fully saturated rings. The number of ketones is 1. The third-order valence-corrected chi connectivity index (χ3v) is 9.88. The lowest BCUT2D eigenvalue weighted by molar-refractivity contribution is -0.128. The zero-order chi connectivity index (χ0) is 21.5. The number of halogens is 1. The first-order valence-electron chi connectivity index (χ1n) is 9.86. The minimum absolute atomic E-state index is 0.0392. The number of nitrogens with zero attached hydrogens (tertiary/aromatic N) is 1. The Kier molecular flexibility index (Phi) is 5.78. The van der Waals surface area contributed by atoms with Crippen LogP contribution in [0.4, 0.5) is 0 Å². The van der Waals surface area contributed by atoms with E-state index < -0.39 is 19.9 Å². The van der Waals surface area contributed by atoms with Gasteiger partial charge in [-0.05, 0) is 55.3 Å². The Balaban J connectivity index is 1.71. The van der Waals surface area contributed by atoms with Crippen molar-refractivity contribution in [3.8, 4) is 0 Å². The van der Waals surface area contributed by atoms with E-state index in [0.29, 0.717) is 17.9 Å². The van der Waals surface area contributed by atoms with E-state index >= 15 is 0 Å². The number of sulfone groups is 1. The second-order valence-electron chi connectivity index (χ2n) is 7.72. The molecule has 6 nitrogen and oxygen atoms in total. The van der Waals surface area contributed by atoms with Gasteiger partial charge in [0, 0.05) is 29.9 Å². The topological polar surface area (TPSA) is 88.6 Å². The molecule has 1 aliphatic carbocycles. The van der Waals surface area contributed by atoms with Crippen molar-refractivity contribution in [2.24, 2.45) is 5.92 Å². The van der Waals surface area contributed by atoms with Gasteiger partial charge in [0.15, 0.2) is 0 Å². The maximum absolute atomic E-state index is 13.4. The van der Waals surface area contributed by atoms with Crippen molar-refractivity contribution in [2.75, 3.05) is 6.54 Å². The minimum atomic E-state index is -3.93. The van der Waals surface area contributed by atoms with E-state index in [1.165, 1.54) is 52.8 Å². The highest BCUT2D eigenvalue weighted by Crippen LogP contribution is 2.37. The number of carbonyl (C=O) groups is 1. The molecule has 1 saturated carbocycles. The molecule has 0 unspecified atom stereocenters. The van der Waals surface area contributed by atoms with Crippen LogP contribution in [0.1, 0.15) is 32.1 Å². The van der Waals surface area contributed by atoms with Gasteiger partial charge in [0.25, 0.3) is 0 Å². The fourth-order valence-corrected chi connectivity index (χ4v) is 7.63. The summed E-state index contributed by atoms with van der Waals surface area (Å²) in [5, 5.41) is 0.409. The number of sulfonamides is 1. The van der Waals surface area contributed by atoms with Crippen LogP contribution < -0.4 is 0 Å². The quantitative estimate of drug-likeness (QED) is 0.684. The average molecular weight is 468 g/mol. The van der Waals surface area contributed by atoms with Crippen molar-refractivity contribution in [3.05, 3.63) is 53.6 Å². The van der Waals surface area contributed by atoms with E-state index in [1.807, 2.05) is 0 Å². The minimum Gasteiger partial charge on any atom is -0.299 e. The number of Topliss-reactive ketones (excluding diaryl/α,β-unsaturated/α-hetero) is 1. The number of hydrogen-bond donors (Lipinski definition) is 0. The summed E-state index contributed by atoms with van der Waals surface area (Å²) in [5.74, 6) is -0.131. The van der Waals surface area contributed by atoms with Crippen LogP contribution in [0.25, 0.3) is 0 Å². The Morgan fingerprint density at radius 1 is 0.867 bits per heavy atom. The Labute approximate surface area is 181 Å². The number of carbonyl (C=O) groups excluding carboxylic acids is 1. The second-order valence-corrected chi connectivity index (χ2v) is 12.0. The van der Waals surface area contributed by atoms with E-state index in [2.05, 4.69) is 0 Å². The number of hydrogen-bond acceptors (Lipinski definition) is 5. The van der Waals surface area contributed by atoms with Gasteiger partial charge in [0.2, 0.25) is 19.9 Å². The zero-order valence-electron chi connectivity index (χ0n) is 16.2. The molecule has 2 aromatic rings. The number of benzene rings is 2. The summed E-state index contributed by atoms with van der Waals surface area (Å²) in [5.41, 5.74) is 0. The smallest absolute Gasteiger partial charge is 0.243 e. The lowest BCUT2D eigenvalue weighted by atomic mass is 9.79. The van der Waals surface area contributed by atoms with Gasteiger partial charge in [-0.15, -0.1) is 0 Å². The fraction of sp³-hybridized carbons (Fsp3) is 0.381. The van der Waals surface area contributed by atoms with E-state index in [9.17, 15) is 21.6 Å². The predicted molar refractivity (Wildman–Crippen MR) is 113 cm³/mol. The van der Waals surface area contributed by atoms with Gasteiger partial charge in [-0.2, -0.15) is 4.31 Å². The highest BCUT2D eigenvalue weighted by atomic mass is 35.5. The van der Waals surface area contributed by atoms with Gasteiger partial charge in [-0.1, -0.05) is 30.5 Å². The first-order chi connectivity index (χ1) is 14.2. The van der Waals surface area contributed by atoms with Gasteiger partial charge in [0.1, 0.15) is 5.78 Å². The molecule has 30 heavy (non-hydrogen) atoms. The molecule has 0 aromatic heterocycles. The largest absolute Gasteiger partial charge is 0.299 e. The van der Waals surface area contributed by atoms with Crippen LogP contribution in [0.15, 0.2) is 63.2 Å². The normalized spacial score (nSPS) is 23.2. The lowest BCUT2D eigenvalue weighted by Gasteiger charge is -2.42. The van der Waals surface area contributed by atoms with Crippen molar-refractivity contribution in [1.29, 1.82) is 0 Å². The summed E-state index contributed by atoms with van der Waals surface area (Å²) in [6.07, 6.45) is 3.36. The molecule has 1 saturated heterocycles. The molecular formula is C21H22ClNO5S2. The summed E-state index contributed by atoms with van der Waals surface area (Å²) in [6, 6.07) is 10.8. The van der Waals surface area contributed by atoms with Crippen molar-refractivity contribution in [3.63, 3.8) is 0 Å². The SMILES string of the molecule is O=C1CCN(S(=O)(=O)c2cccc(S(=O)(=O)c3ccc(Cl)cc3)c2)[C@@H]2CCCC[C@@H]12. The molecule has 9 heteroatoms. The molecule has 1 aliphatic heterocycles. The molecule has 160 valence electrons. The van der Waals surface area contributed by atoms with Crippen LogP contribution in [-0.2, 0) is 24.7 Å². The Morgan fingerprint density at radius 2 is 1.53 bits per heavy atom. The third-order valence-electron chi connectivity index (χ3n) is 5.94. The lowest BCUT2D eigenvalue weighted by Crippen LogP contribution is -2.53. The van der Waals surface area contributed by atoms with Crippen LogP contribution in [0.5, 0.6) is 0 Å². The van der Waals surface area contributed by atoms with E-state index in [0.717, 1.165) is 12.8 Å². The molecular weight excluding hydrogens is 446 g/mol. The molecule has 0 spiro atoms. The van der Waals surface area contributed by atoms with Gasteiger partial charge in [0.05, 0.1) is 14.7 Å². The summed E-state index contributed by atoms with van der Waals surface area (Å²) in [4.78, 5) is 12.2. The monoisotopic (exact) mass is 467 g/mol. The maximum Gasteiger partial charge on any atom is 0.243 e. The summed E-state index contributed by atoms with van der Waals surface area (Å²) in [6.45, 7) is 0.135. The van der Waals surface area contributed by atoms with Crippen LogP contribution in [0.2, 0.25) is 5.02 Å². The van der Waals surface area contributed by atoms with Gasteiger partial charge >= 0.3 is 0 Å². The predicted octanol–water partition coefficient (Wildman–Crippen LogP) is 3.70. The first-order valence-corrected chi connectivity index (χ1v) is 13.2. The standard InChI is InChI=1S/C21H22ClNO5S2/c22-15-8-10-16(11-9-15)29(25,26)17-4-3-5-18(14-17)30(27,28)23-13-12-21(24)19-6-1-2-7-20(19)23/h3-5,8-11,14,19-20H,1-2,6-7,12-13H2/t19-,20-/m1/s1. The van der Waals surface area contributed by atoms with E-state index in [4.69, 9.17) is 11.6 Å². The third kappa shape index (κ3) is 3.82. The van der Waals surface area contributed by atoms with Gasteiger partial charge in [-0.25, -0.2) is 16.8 Å².